The third kappa shape index (κ3) is 4.71. The van der Waals surface area contributed by atoms with E-state index < -0.39 is 0 Å². The Morgan fingerprint density at radius 2 is 1.90 bits per heavy atom. The quantitative estimate of drug-likeness (QED) is 0.755. The van der Waals surface area contributed by atoms with Crippen molar-refractivity contribution in [2.75, 3.05) is 19.4 Å². The third-order valence-electron chi connectivity index (χ3n) is 4.17. The molecule has 0 bridgehead atoms. The van der Waals surface area contributed by atoms with Crippen LogP contribution in [0, 0.1) is 5.92 Å². The Kier molecular flexibility index (Phi) is 6.74. The van der Waals surface area contributed by atoms with E-state index in [2.05, 4.69) is 24.4 Å². The first-order valence-electron chi connectivity index (χ1n) is 7.83. The zero-order valence-electron chi connectivity index (χ0n) is 12.7. The maximum absolute atomic E-state index is 5.21. The van der Waals surface area contributed by atoms with Crippen molar-refractivity contribution in [1.29, 1.82) is 0 Å². The molecule has 2 nitrogen and oxygen atoms in total. The molecule has 20 heavy (non-hydrogen) atoms. The molecule has 0 radical (unpaired) electrons. The summed E-state index contributed by atoms with van der Waals surface area (Å²) in [6.07, 6.45) is 7.07. The van der Waals surface area contributed by atoms with Crippen LogP contribution in [-0.4, -0.2) is 25.4 Å². The number of hydrogen-bond donors (Lipinski definition) is 1. The van der Waals surface area contributed by atoms with Crippen molar-refractivity contribution >= 4 is 11.8 Å². The number of ether oxygens (including phenoxy) is 1. The first-order valence-corrected chi connectivity index (χ1v) is 8.82. The zero-order valence-corrected chi connectivity index (χ0v) is 13.5. The molecule has 0 spiro atoms. The fraction of sp³-hybridized carbons (Fsp3) is 0.647. The lowest BCUT2D eigenvalue weighted by molar-refractivity contribution is 0.288. The topological polar surface area (TPSA) is 21.3 Å². The van der Waals surface area contributed by atoms with Gasteiger partial charge in [-0.15, -0.1) is 11.8 Å². The maximum Gasteiger partial charge on any atom is 0.118 e. The highest BCUT2D eigenvalue weighted by molar-refractivity contribution is 7.99. The Labute approximate surface area is 127 Å². The van der Waals surface area contributed by atoms with Crippen molar-refractivity contribution in [1.82, 2.24) is 5.32 Å². The van der Waals surface area contributed by atoms with E-state index in [0.29, 0.717) is 6.04 Å². The largest absolute Gasteiger partial charge is 0.497 e. The first kappa shape index (κ1) is 15.7. The molecule has 0 amide bonds. The standard InChI is InChI=1S/C17H27NOS/c1-3-18-17(14-7-5-4-6-8-14)13-20-16-11-9-15(19-2)10-12-16/h9-12,14,17-18H,3-8,13H2,1-2H3. The monoisotopic (exact) mass is 293 g/mol. The summed E-state index contributed by atoms with van der Waals surface area (Å²) >= 11 is 1.96. The van der Waals surface area contributed by atoms with Crippen molar-refractivity contribution in [3.63, 3.8) is 0 Å². The van der Waals surface area contributed by atoms with E-state index in [1.165, 1.54) is 42.8 Å². The summed E-state index contributed by atoms with van der Waals surface area (Å²) in [5.41, 5.74) is 0. The van der Waals surface area contributed by atoms with Crippen molar-refractivity contribution in [2.24, 2.45) is 5.92 Å². The van der Waals surface area contributed by atoms with Gasteiger partial charge < -0.3 is 10.1 Å². The summed E-state index contributed by atoms with van der Waals surface area (Å²) in [6.45, 7) is 3.29. The Bertz CT molecular complexity index is 373. The minimum absolute atomic E-state index is 0.660. The number of thioether (sulfide) groups is 1. The smallest absolute Gasteiger partial charge is 0.118 e. The highest BCUT2D eigenvalue weighted by Crippen LogP contribution is 2.30. The molecule has 0 aliphatic heterocycles. The van der Waals surface area contributed by atoms with Gasteiger partial charge in [-0.3, -0.25) is 0 Å². The number of methoxy groups -OCH3 is 1. The third-order valence-corrected chi connectivity index (χ3v) is 5.31. The molecule has 3 heteroatoms. The maximum atomic E-state index is 5.21. The lowest BCUT2D eigenvalue weighted by Crippen LogP contribution is -2.39. The van der Waals surface area contributed by atoms with Crippen molar-refractivity contribution in [3.05, 3.63) is 24.3 Å². The zero-order chi connectivity index (χ0) is 14.2. The van der Waals surface area contributed by atoms with Gasteiger partial charge in [0, 0.05) is 16.7 Å². The molecular weight excluding hydrogens is 266 g/mol. The molecule has 1 fully saturated rings. The number of benzene rings is 1. The molecule has 112 valence electrons. The molecule has 0 aromatic heterocycles. The van der Waals surface area contributed by atoms with Crippen LogP contribution in [0.1, 0.15) is 39.0 Å². The summed E-state index contributed by atoms with van der Waals surface area (Å²) in [6, 6.07) is 9.07. The van der Waals surface area contributed by atoms with Crippen LogP contribution in [0.4, 0.5) is 0 Å². The Morgan fingerprint density at radius 1 is 1.20 bits per heavy atom. The van der Waals surface area contributed by atoms with Crippen LogP contribution < -0.4 is 10.1 Å². The van der Waals surface area contributed by atoms with Crippen LogP contribution in [-0.2, 0) is 0 Å². The molecule has 1 aliphatic rings. The SMILES string of the molecule is CCNC(CSc1ccc(OC)cc1)C1CCCCC1. The highest BCUT2D eigenvalue weighted by atomic mass is 32.2. The average Bonchev–Trinajstić information content (AvgIpc) is 2.53. The molecule has 1 N–H and O–H groups in total. The molecular formula is C17H27NOS. The highest BCUT2D eigenvalue weighted by Gasteiger charge is 2.22. The van der Waals surface area contributed by atoms with Gasteiger partial charge in [-0.05, 0) is 49.6 Å². The molecule has 1 unspecified atom stereocenters. The van der Waals surface area contributed by atoms with Gasteiger partial charge in [0.05, 0.1) is 7.11 Å². The van der Waals surface area contributed by atoms with E-state index in [1.54, 1.807) is 7.11 Å². The first-order chi connectivity index (χ1) is 9.83. The van der Waals surface area contributed by atoms with Crippen LogP contribution in [0.2, 0.25) is 0 Å². The lowest BCUT2D eigenvalue weighted by Gasteiger charge is -2.30. The van der Waals surface area contributed by atoms with Gasteiger partial charge in [-0.2, -0.15) is 0 Å². The fourth-order valence-electron chi connectivity index (χ4n) is 3.02. The minimum atomic E-state index is 0.660. The van der Waals surface area contributed by atoms with Crippen molar-refractivity contribution in [2.45, 2.75) is 50.0 Å². The normalized spacial score (nSPS) is 17.9. The van der Waals surface area contributed by atoms with Crippen LogP contribution in [0.15, 0.2) is 29.2 Å². The van der Waals surface area contributed by atoms with Gasteiger partial charge in [-0.1, -0.05) is 26.2 Å². The Hall–Kier alpha value is -0.670. The minimum Gasteiger partial charge on any atom is -0.497 e. The van der Waals surface area contributed by atoms with E-state index in [9.17, 15) is 0 Å². The molecule has 1 aliphatic carbocycles. The second-order valence-electron chi connectivity index (χ2n) is 5.55. The van der Waals surface area contributed by atoms with Crippen molar-refractivity contribution < 1.29 is 4.74 Å². The predicted octanol–water partition coefficient (Wildman–Crippen LogP) is 4.35. The summed E-state index contributed by atoms with van der Waals surface area (Å²) in [4.78, 5) is 1.34. The molecule has 2 rings (SSSR count). The van der Waals surface area contributed by atoms with Gasteiger partial charge in [0.15, 0.2) is 0 Å². The summed E-state index contributed by atoms with van der Waals surface area (Å²) in [7, 11) is 1.71. The second kappa shape index (κ2) is 8.58. The van der Waals surface area contributed by atoms with E-state index in [0.717, 1.165) is 18.2 Å². The van der Waals surface area contributed by atoms with Crippen LogP contribution >= 0.6 is 11.8 Å². The molecule has 1 aromatic carbocycles. The van der Waals surface area contributed by atoms with Gasteiger partial charge >= 0.3 is 0 Å². The second-order valence-corrected chi connectivity index (χ2v) is 6.64. The van der Waals surface area contributed by atoms with E-state index in [-0.39, 0.29) is 0 Å². The molecule has 0 heterocycles. The Morgan fingerprint density at radius 3 is 2.50 bits per heavy atom. The molecule has 0 saturated heterocycles. The predicted molar refractivity (Wildman–Crippen MR) is 87.8 cm³/mol. The van der Waals surface area contributed by atoms with E-state index in [1.807, 2.05) is 23.9 Å². The van der Waals surface area contributed by atoms with Gasteiger partial charge in [-0.25, -0.2) is 0 Å². The lowest BCUT2D eigenvalue weighted by atomic mass is 9.84. The number of nitrogens with one attached hydrogen (secondary N) is 1. The van der Waals surface area contributed by atoms with Crippen molar-refractivity contribution in [3.8, 4) is 5.75 Å². The van der Waals surface area contributed by atoms with Crippen LogP contribution in [0.3, 0.4) is 0 Å². The number of hydrogen-bond acceptors (Lipinski definition) is 3. The molecule has 1 aromatic rings. The van der Waals surface area contributed by atoms with Crippen LogP contribution in [0.25, 0.3) is 0 Å². The van der Waals surface area contributed by atoms with Crippen LogP contribution in [0.5, 0.6) is 5.75 Å². The van der Waals surface area contributed by atoms with Gasteiger partial charge in [0.2, 0.25) is 0 Å². The summed E-state index contributed by atoms with van der Waals surface area (Å²) in [5, 5.41) is 3.70. The van der Waals surface area contributed by atoms with E-state index in [4.69, 9.17) is 4.74 Å². The number of rotatable bonds is 7. The average molecular weight is 293 g/mol. The van der Waals surface area contributed by atoms with Gasteiger partial charge in [0.25, 0.3) is 0 Å². The fourth-order valence-corrected chi connectivity index (χ4v) is 4.11. The Balaban J connectivity index is 1.86. The summed E-state index contributed by atoms with van der Waals surface area (Å²) < 4.78 is 5.21. The summed E-state index contributed by atoms with van der Waals surface area (Å²) in [5.74, 6) is 2.98. The molecule has 1 saturated carbocycles. The molecule has 1 atom stereocenters. The van der Waals surface area contributed by atoms with E-state index >= 15 is 0 Å². The van der Waals surface area contributed by atoms with Gasteiger partial charge in [0.1, 0.15) is 5.75 Å².